The zero-order valence-electron chi connectivity index (χ0n) is 11.6. The number of hydrogen-bond donors (Lipinski definition) is 2. The molecule has 1 aliphatic rings. The van der Waals surface area contributed by atoms with E-state index < -0.39 is 0 Å². The zero-order valence-corrected chi connectivity index (χ0v) is 11.6. The molecule has 0 aromatic heterocycles. The number of benzene rings is 1. The van der Waals surface area contributed by atoms with Crippen LogP contribution in [-0.2, 0) is 4.74 Å². The number of ether oxygens (including phenoxy) is 2. The van der Waals surface area contributed by atoms with Crippen LogP contribution in [0.3, 0.4) is 0 Å². The molecule has 1 fully saturated rings. The Morgan fingerprint density at radius 3 is 3.15 bits per heavy atom. The topological polar surface area (TPSA) is 73.6 Å². The summed E-state index contributed by atoms with van der Waals surface area (Å²) in [5, 5.41) is 2.93. The van der Waals surface area contributed by atoms with Gasteiger partial charge in [0, 0.05) is 31.9 Å². The van der Waals surface area contributed by atoms with Gasteiger partial charge >= 0.3 is 0 Å². The van der Waals surface area contributed by atoms with Crippen LogP contribution < -0.4 is 15.8 Å². The highest BCUT2D eigenvalue weighted by atomic mass is 16.5. The predicted octanol–water partition coefficient (Wildman–Crippen LogP) is 1.18. The van der Waals surface area contributed by atoms with Crippen molar-refractivity contribution in [2.24, 2.45) is 11.7 Å². The standard InChI is InChI=1S/C15H22N2O3/c16-6-9-20-14-3-1-2-13(10-14)15(18)17-7-4-12-5-8-19-11-12/h1-3,10,12H,4-9,11,16H2,(H,17,18). The second kappa shape index (κ2) is 7.87. The Balaban J connectivity index is 1.78. The molecule has 5 heteroatoms. The van der Waals surface area contributed by atoms with Crippen molar-refractivity contribution >= 4 is 5.91 Å². The summed E-state index contributed by atoms with van der Waals surface area (Å²) in [5.41, 5.74) is 6.00. The summed E-state index contributed by atoms with van der Waals surface area (Å²) in [6.07, 6.45) is 2.06. The number of carbonyl (C=O) groups excluding carboxylic acids is 1. The summed E-state index contributed by atoms with van der Waals surface area (Å²) >= 11 is 0. The van der Waals surface area contributed by atoms with E-state index in [9.17, 15) is 4.79 Å². The molecule has 0 radical (unpaired) electrons. The van der Waals surface area contributed by atoms with Gasteiger partial charge in [0.15, 0.2) is 0 Å². The van der Waals surface area contributed by atoms with Crippen LogP contribution in [0.1, 0.15) is 23.2 Å². The number of hydrogen-bond acceptors (Lipinski definition) is 4. The van der Waals surface area contributed by atoms with Crippen molar-refractivity contribution in [1.82, 2.24) is 5.32 Å². The number of rotatable bonds is 7. The summed E-state index contributed by atoms with van der Waals surface area (Å²) in [7, 11) is 0. The minimum absolute atomic E-state index is 0.0675. The Bertz CT molecular complexity index is 431. The van der Waals surface area contributed by atoms with E-state index in [2.05, 4.69) is 5.32 Å². The number of nitrogens with two attached hydrogens (primary N) is 1. The average Bonchev–Trinajstić information content (AvgIpc) is 2.98. The summed E-state index contributed by atoms with van der Waals surface area (Å²) in [5.74, 6) is 1.18. The van der Waals surface area contributed by atoms with Gasteiger partial charge in [0.25, 0.3) is 5.91 Å². The molecule has 0 spiro atoms. The monoisotopic (exact) mass is 278 g/mol. The zero-order chi connectivity index (χ0) is 14.2. The summed E-state index contributed by atoms with van der Waals surface area (Å²) < 4.78 is 10.7. The molecule has 1 saturated heterocycles. The highest BCUT2D eigenvalue weighted by Crippen LogP contribution is 2.16. The van der Waals surface area contributed by atoms with Gasteiger partial charge in [0.1, 0.15) is 12.4 Å². The fourth-order valence-electron chi connectivity index (χ4n) is 2.21. The van der Waals surface area contributed by atoms with Crippen molar-refractivity contribution in [3.05, 3.63) is 29.8 Å². The molecule has 0 saturated carbocycles. The number of carbonyl (C=O) groups is 1. The maximum absolute atomic E-state index is 12.0. The van der Waals surface area contributed by atoms with Crippen LogP contribution in [0.4, 0.5) is 0 Å². The van der Waals surface area contributed by atoms with E-state index >= 15 is 0 Å². The Morgan fingerprint density at radius 2 is 2.40 bits per heavy atom. The Hall–Kier alpha value is -1.59. The van der Waals surface area contributed by atoms with Crippen molar-refractivity contribution < 1.29 is 14.3 Å². The molecule has 1 unspecified atom stereocenters. The Labute approximate surface area is 119 Å². The van der Waals surface area contributed by atoms with Gasteiger partial charge < -0.3 is 20.5 Å². The SMILES string of the molecule is NCCOc1cccc(C(=O)NCCC2CCOC2)c1. The third-order valence-corrected chi connectivity index (χ3v) is 3.34. The van der Waals surface area contributed by atoms with Crippen LogP contribution in [0.25, 0.3) is 0 Å². The lowest BCUT2D eigenvalue weighted by Gasteiger charge is -2.10. The normalized spacial score (nSPS) is 17.9. The molecule has 3 N–H and O–H groups in total. The van der Waals surface area contributed by atoms with E-state index in [1.807, 2.05) is 12.1 Å². The first-order valence-electron chi connectivity index (χ1n) is 7.08. The minimum atomic E-state index is -0.0675. The molecule has 0 bridgehead atoms. The lowest BCUT2D eigenvalue weighted by atomic mass is 10.1. The van der Waals surface area contributed by atoms with Gasteiger partial charge in [-0.1, -0.05) is 6.07 Å². The van der Waals surface area contributed by atoms with Gasteiger partial charge in [0.2, 0.25) is 0 Å². The molecular formula is C15H22N2O3. The van der Waals surface area contributed by atoms with Gasteiger partial charge in [-0.15, -0.1) is 0 Å². The molecule has 1 atom stereocenters. The van der Waals surface area contributed by atoms with E-state index in [0.717, 1.165) is 26.1 Å². The highest BCUT2D eigenvalue weighted by Gasteiger charge is 2.15. The summed E-state index contributed by atoms with van der Waals surface area (Å²) in [6, 6.07) is 7.15. The minimum Gasteiger partial charge on any atom is -0.492 e. The number of nitrogens with one attached hydrogen (secondary N) is 1. The first-order chi connectivity index (χ1) is 9.79. The molecule has 20 heavy (non-hydrogen) atoms. The maximum atomic E-state index is 12.0. The maximum Gasteiger partial charge on any atom is 0.251 e. The predicted molar refractivity (Wildman–Crippen MR) is 76.9 cm³/mol. The molecule has 1 heterocycles. The molecule has 2 rings (SSSR count). The van der Waals surface area contributed by atoms with Crippen molar-refractivity contribution in [1.29, 1.82) is 0 Å². The van der Waals surface area contributed by atoms with E-state index in [1.165, 1.54) is 0 Å². The first-order valence-corrected chi connectivity index (χ1v) is 7.08. The molecule has 0 aliphatic carbocycles. The molecular weight excluding hydrogens is 256 g/mol. The number of amides is 1. The van der Waals surface area contributed by atoms with Gasteiger partial charge in [-0.25, -0.2) is 0 Å². The smallest absolute Gasteiger partial charge is 0.251 e. The van der Waals surface area contributed by atoms with Crippen LogP contribution >= 0.6 is 0 Å². The van der Waals surface area contributed by atoms with Crippen LogP contribution in [0.5, 0.6) is 5.75 Å². The summed E-state index contributed by atoms with van der Waals surface area (Å²) in [6.45, 7) is 3.25. The van der Waals surface area contributed by atoms with Crippen LogP contribution in [-0.4, -0.2) is 38.8 Å². The molecule has 1 aromatic rings. The van der Waals surface area contributed by atoms with Crippen LogP contribution in [0.2, 0.25) is 0 Å². The van der Waals surface area contributed by atoms with Gasteiger partial charge in [-0.2, -0.15) is 0 Å². The van der Waals surface area contributed by atoms with Gasteiger partial charge in [-0.3, -0.25) is 4.79 Å². The molecule has 1 amide bonds. The Kier molecular flexibility index (Phi) is 5.83. The average molecular weight is 278 g/mol. The molecule has 110 valence electrons. The fourth-order valence-corrected chi connectivity index (χ4v) is 2.21. The summed E-state index contributed by atoms with van der Waals surface area (Å²) in [4.78, 5) is 12.0. The van der Waals surface area contributed by atoms with Gasteiger partial charge in [0.05, 0.1) is 0 Å². The van der Waals surface area contributed by atoms with E-state index in [0.29, 0.717) is 36.9 Å². The largest absolute Gasteiger partial charge is 0.492 e. The quantitative estimate of drug-likeness (QED) is 0.785. The van der Waals surface area contributed by atoms with Crippen molar-refractivity contribution in [3.8, 4) is 5.75 Å². The second-order valence-electron chi connectivity index (χ2n) is 4.94. The van der Waals surface area contributed by atoms with E-state index in [1.54, 1.807) is 12.1 Å². The molecule has 5 nitrogen and oxygen atoms in total. The third-order valence-electron chi connectivity index (χ3n) is 3.34. The van der Waals surface area contributed by atoms with Crippen LogP contribution in [0, 0.1) is 5.92 Å². The van der Waals surface area contributed by atoms with Gasteiger partial charge in [-0.05, 0) is 37.0 Å². The van der Waals surface area contributed by atoms with E-state index in [4.69, 9.17) is 15.2 Å². The fraction of sp³-hybridized carbons (Fsp3) is 0.533. The molecule has 1 aromatic carbocycles. The molecule has 1 aliphatic heterocycles. The third kappa shape index (κ3) is 4.51. The first kappa shape index (κ1) is 14.8. The van der Waals surface area contributed by atoms with Crippen molar-refractivity contribution in [3.63, 3.8) is 0 Å². The highest BCUT2D eigenvalue weighted by molar-refractivity contribution is 5.94. The van der Waals surface area contributed by atoms with Crippen LogP contribution in [0.15, 0.2) is 24.3 Å². The lowest BCUT2D eigenvalue weighted by Crippen LogP contribution is -2.26. The van der Waals surface area contributed by atoms with Crippen molar-refractivity contribution in [2.75, 3.05) is 32.9 Å². The van der Waals surface area contributed by atoms with Crippen molar-refractivity contribution in [2.45, 2.75) is 12.8 Å². The van der Waals surface area contributed by atoms with E-state index in [-0.39, 0.29) is 5.91 Å². The lowest BCUT2D eigenvalue weighted by molar-refractivity contribution is 0.0950. The second-order valence-corrected chi connectivity index (χ2v) is 4.94. The Morgan fingerprint density at radius 1 is 1.50 bits per heavy atom.